The van der Waals surface area contributed by atoms with E-state index < -0.39 is 0 Å². The molecule has 0 spiro atoms. The third kappa shape index (κ3) is 1.97. The van der Waals surface area contributed by atoms with Crippen LogP contribution in [0, 0.1) is 18.8 Å². The second-order valence-corrected chi connectivity index (χ2v) is 3.42. The normalized spacial score (nSPS) is 9.88. The molecule has 0 saturated carbocycles. The van der Waals surface area contributed by atoms with E-state index >= 15 is 0 Å². The van der Waals surface area contributed by atoms with Crippen molar-refractivity contribution in [1.82, 2.24) is 0 Å². The number of aryl methyl sites for hydroxylation is 1. The fourth-order valence-corrected chi connectivity index (χ4v) is 1.54. The van der Waals surface area contributed by atoms with Crippen molar-refractivity contribution in [3.05, 3.63) is 45.8 Å². The number of benzene rings is 1. The van der Waals surface area contributed by atoms with Gasteiger partial charge in [0, 0.05) is 17.0 Å². The quantitative estimate of drug-likeness (QED) is 0.533. The van der Waals surface area contributed by atoms with Gasteiger partial charge in [0.05, 0.1) is 0 Å². The Bertz CT molecular complexity index is 642. The van der Waals surface area contributed by atoms with Gasteiger partial charge in [0.2, 0.25) is 0 Å². The molecule has 1 N–H and O–H groups in total. The van der Waals surface area contributed by atoms with Crippen molar-refractivity contribution in [2.24, 2.45) is 0 Å². The van der Waals surface area contributed by atoms with Gasteiger partial charge in [-0.05, 0) is 30.7 Å². The largest absolute Gasteiger partial charge is 0.423 e. The van der Waals surface area contributed by atoms with Crippen LogP contribution >= 0.6 is 0 Å². The molecule has 1 aromatic heterocycles. The molecule has 0 fully saturated rings. The Hall–Kier alpha value is -2.05. The zero-order chi connectivity index (χ0) is 11.5. The number of hydrogen-bond donors (Lipinski definition) is 1. The fraction of sp³-hybridized carbons (Fsp3) is 0.154. The van der Waals surface area contributed by atoms with E-state index in [1.54, 1.807) is 6.07 Å². The first-order valence-electron chi connectivity index (χ1n) is 4.85. The van der Waals surface area contributed by atoms with Crippen LogP contribution in [0.5, 0.6) is 0 Å². The Labute approximate surface area is 92.3 Å². The van der Waals surface area contributed by atoms with Crippen LogP contribution in [-0.4, -0.2) is 11.7 Å². The third-order valence-electron chi connectivity index (χ3n) is 2.26. The van der Waals surface area contributed by atoms with Crippen molar-refractivity contribution < 1.29 is 9.52 Å². The molecule has 0 amide bonds. The van der Waals surface area contributed by atoms with Gasteiger partial charge in [-0.25, -0.2) is 4.79 Å². The molecule has 80 valence electrons. The summed E-state index contributed by atoms with van der Waals surface area (Å²) in [6.45, 7) is 1.67. The van der Waals surface area contributed by atoms with Crippen molar-refractivity contribution in [3.8, 4) is 11.8 Å². The molecule has 0 bridgehead atoms. The second kappa shape index (κ2) is 4.21. The Morgan fingerprint density at radius 1 is 1.38 bits per heavy atom. The van der Waals surface area contributed by atoms with Crippen LogP contribution in [0.3, 0.4) is 0 Å². The minimum Gasteiger partial charge on any atom is -0.423 e. The van der Waals surface area contributed by atoms with Crippen LogP contribution in [0.15, 0.2) is 33.5 Å². The maximum atomic E-state index is 11.2. The summed E-state index contributed by atoms with van der Waals surface area (Å²) in [6.07, 6.45) is 0. The summed E-state index contributed by atoms with van der Waals surface area (Å²) < 4.78 is 5.08. The van der Waals surface area contributed by atoms with Gasteiger partial charge in [0.25, 0.3) is 0 Å². The van der Waals surface area contributed by atoms with Crippen molar-refractivity contribution in [3.63, 3.8) is 0 Å². The maximum Gasteiger partial charge on any atom is 0.336 e. The van der Waals surface area contributed by atoms with Crippen molar-refractivity contribution in [1.29, 1.82) is 0 Å². The average molecular weight is 214 g/mol. The van der Waals surface area contributed by atoms with E-state index in [0.29, 0.717) is 5.58 Å². The molecule has 0 radical (unpaired) electrons. The topological polar surface area (TPSA) is 50.4 Å². The molecule has 0 aliphatic carbocycles. The number of rotatable bonds is 0. The summed E-state index contributed by atoms with van der Waals surface area (Å²) in [5, 5.41) is 9.48. The van der Waals surface area contributed by atoms with Crippen LogP contribution in [0.1, 0.15) is 11.1 Å². The molecule has 2 rings (SSSR count). The Morgan fingerprint density at radius 2 is 2.19 bits per heavy atom. The first kappa shape index (κ1) is 10.5. The number of fused-ring (bicyclic) bond motifs is 1. The Balaban J connectivity index is 2.66. The van der Waals surface area contributed by atoms with E-state index in [1.807, 2.05) is 19.1 Å². The van der Waals surface area contributed by atoms with Crippen LogP contribution < -0.4 is 5.63 Å². The van der Waals surface area contributed by atoms with E-state index in [1.165, 1.54) is 6.07 Å². The van der Waals surface area contributed by atoms with Gasteiger partial charge in [0.1, 0.15) is 12.2 Å². The summed E-state index contributed by atoms with van der Waals surface area (Å²) in [7, 11) is 0. The Kier molecular flexibility index (Phi) is 2.76. The summed E-state index contributed by atoms with van der Waals surface area (Å²) in [5.74, 6) is 5.31. The van der Waals surface area contributed by atoms with Crippen molar-refractivity contribution in [2.45, 2.75) is 6.92 Å². The van der Waals surface area contributed by atoms with Crippen molar-refractivity contribution >= 4 is 11.0 Å². The van der Waals surface area contributed by atoms with E-state index in [2.05, 4.69) is 11.8 Å². The molecule has 0 aliphatic rings. The lowest BCUT2D eigenvalue weighted by Crippen LogP contribution is -1.97. The molecular formula is C13H10O3. The highest BCUT2D eigenvalue weighted by Gasteiger charge is 2.01. The van der Waals surface area contributed by atoms with Crippen molar-refractivity contribution in [2.75, 3.05) is 6.61 Å². The number of aliphatic hydroxyl groups excluding tert-OH is 1. The molecule has 1 aromatic carbocycles. The molecule has 16 heavy (non-hydrogen) atoms. The molecule has 3 heteroatoms. The predicted molar refractivity (Wildman–Crippen MR) is 61.2 cm³/mol. The predicted octanol–water partition coefficient (Wildman–Crippen LogP) is 1.45. The molecular weight excluding hydrogens is 204 g/mol. The zero-order valence-electron chi connectivity index (χ0n) is 8.78. The molecule has 2 aromatic rings. The summed E-state index contributed by atoms with van der Waals surface area (Å²) >= 11 is 0. The van der Waals surface area contributed by atoms with E-state index in [0.717, 1.165) is 16.5 Å². The standard InChI is InChI=1S/C13H10O3/c1-9-7-13(15)16-12-8-10(3-2-6-14)4-5-11(9)12/h4-5,7-8,14H,6H2,1H3. The lowest BCUT2D eigenvalue weighted by molar-refractivity contribution is 0.350. The first-order valence-corrected chi connectivity index (χ1v) is 4.85. The highest BCUT2D eigenvalue weighted by Crippen LogP contribution is 2.17. The van der Waals surface area contributed by atoms with Gasteiger partial charge >= 0.3 is 5.63 Å². The van der Waals surface area contributed by atoms with Crippen LogP contribution in [-0.2, 0) is 0 Å². The van der Waals surface area contributed by atoms with Gasteiger partial charge in [-0.2, -0.15) is 0 Å². The Morgan fingerprint density at radius 3 is 2.94 bits per heavy atom. The number of hydrogen-bond acceptors (Lipinski definition) is 3. The second-order valence-electron chi connectivity index (χ2n) is 3.42. The monoisotopic (exact) mass is 214 g/mol. The summed E-state index contributed by atoms with van der Waals surface area (Å²) in [4.78, 5) is 11.2. The van der Waals surface area contributed by atoms with Gasteiger partial charge in [-0.15, -0.1) is 0 Å². The lowest BCUT2D eigenvalue weighted by Gasteiger charge is -2.00. The van der Waals surface area contributed by atoms with Gasteiger partial charge in [0.15, 0.2) is 0 Å². The minimum absolute atomic E-state index is 0.185. The highest BCUT2D eigenvalue weighted by atomic mass is 16.4. The summed E-state index contributed by atoms with van der Waals surface area (Å²) in [6, 6.07) is 6.85. The molecule has 3 nitrogen and oxygen atoms in total. The van der Waals surface area contributed by atoms with Gasteiger partial charge < -0.3 is 9.52 Å². The van der Waals surface area contributed by atoms with Crippen LogP contribution in [0.4, 0.5) is 0 Å². The fourth-order valence-electron chi connectivity index (χ4n) is 1.54. The highest BCUT2D eigenvalue weighted by molar-refractivity contribution is 5.81. The lowest BCUT2D eigenvalue weighted by atomic mass is 10.1. The maximum absolute atomic E-state index is 11.2. The average Bonchev–Trinajstić information content (AvgIpc) is 2.25. The first-order chi connectivity index (χ1) is 7.70. The molecule has 0 aliphatic heterocycles. The molecule has 0 atom stereocenters. The molecule has 1 heterocycles. The minimum atomic E-state index is -0.364. The smallest absolute Gasteiger partial charge is 0.336 e. The zero-order valence-corrected chi connectivity index (χ0v) is 8.78. The van der Waals surface area contributed by atoms with E-state index in [9.17, 15) is 4.79 Å². The number of aliphatic hydroxyl groups is 1. The van der Waals surface area contributed by atoms with Gasteiger partial charge in [-0.1, -0.05) is 11.8 Å². The molecule has 0 unspecified atom stereocenters. The summed E-state index contributed by atoms with van der Waals surface area (Å²) in [5.41, 5.74) is 1.76. The third-order valence-corrected chi connectivity index (χ3v) is 2.26. The van der Waals surface area contributed by atoms with Gasteiger partial charge in [-0.3, -0.25) is 0 Å². The van der Waals surface area contributed by atoms with Crippen LogP contribution in [0.25, 0.3) is 11.0 Å². The molecule has 0 saturated heterocycles. The SMILES string of the molecule is Cc1cc(=O)oc2cc(C#CCO)ccc12. The van der Waals surface area contributed by atoms with E-state index in [-0.39, 0.29) is 12.2 Å². The van der Waals surface area contributed by atoms with Crippen LogP contribution in [0.2, 0.25) is 0 Å². The van der Waals surface area contributed by atoms with E-state index in [4.69, 9.17) is 9.52 Å².